The van der Waals surface area contributed by atoms with Gasteiger partial charge in [0.2, 0.25) is 5.88 Å². The summed E-state index contributed by atoms with van der Waals surface area (Å²) in [5.41, 5.74) is 7.16. The number of nitrogens with zero attached hydrogens (tertiary/aromatic N) is 2. The fraction of sp³-hybridized carbons (Fsp3) is 0.158. The summed E-state index contributed by atoms with van der Waals surface area (Å²) in [5, 5.41) is 11.5. The zero-order valence-corrected chi connectivity index (χ0v) is 14.7. The van der Waals surface area contributed by atoms with Gasteiger partial charge in [0.1, 0.15) is 23.2 Å². The molecule has 26 heavy (non-hydrogen) atoms. The standard InChI is InChI=1S/C19H15N3O3S/c1-11-8-14-17(19(23)22(11)10-12-4-2-6-24-12)16(15-5-3-7-26-15)13(9-20)18(21)25-14/h2-8,16H,10,21H2,1H3/t16-/m1/s1. The lowest BCUT2D eigenvalue weighted by molar-refractivity contribution is 0.388. The second kappa shape index (κ2) is 6.24. The molecule has 0 amide bonds. The molecule has 7 heteroatoms. The number of hydrogen-bond acceptors (Lipinski definition) is 6. The molecule has 0 radical (unpaired) electrons. The van der Waals surface area contributed by atoms with Gasteiger partial charge in [-0.3, -0.25) is 4.79 Å². The Labute approximate surface area is 153 Å². The molecule has 3 aromatic rings. The molecule has 6 nitrogen and oxygen atoms in total. The summed E-state index contributed by atoms with van der Waals surface area (Å²) in [4.78, 5) is 14.2. The molecule has 1 atom stereocenters. The molecule has 0 aromatic carbocycles. The third-order valence-electron chi connectivity index (χ3n) is 4.41. The van der Waals surface area contributed by atoms with Crippen LogP contribution in [0, 0.1) is 18.3 Å². The van der Waals surface area contributed by atoms with Crippen molar-refractivity contribution in [1.82, 2.24) is 4.57 Å². The molecule has 1 aliphatic rings. The van der Waals surface area contributed by atoms with Gasteiger partial charge in [-0.2, -0.15) is 5.26 Å². The lowest BCUT2D eigenvalue weighted by Crippen LogP contribution is -2.32. The van der Waals surface area contributed by atoms with E-state index in [4.69, 9.17) is 14.9 Å². The average Bonchev–Trinajstić information content (AvgIpc) is 3.31. The van der Waals surface area contributed by atoms with Crippen molar-refractivity contribution in [3.63, 3.8) is 0 Å². The highest BCUT2D eigenvalue weighted by Gasteiger charge is 2.34. The Morgan fingerprint density at radius 2 is 2.23 bits per heavy atom. The van der Waals surface area contributed by atoms with Gasteiger partial charge in [0.15, 0.2) is 0 Å². The molecule has 4 rings (SSSR count). The molecule has 0 bridgehead atoms. The van der Waals surface area contributed by atoms with Crippen molar-refractivity contribution < 1.29 is 9.15 Å². The van der Waals surface area contributed by atoms with Gasteiger partial charge < -0.3 is 19.5 Å². The van der Waals surface area contributed by atoms with Crippen LogP contribution in [0.1, 0.15) is 27.8 Å². The highest BCUT2D eigenvalue weighted by molar-refractivity contribution is 7.10. The van der Waals surface area contributed by atoms with Crippen LogP contribution in [0.3, 0.4) is 0 Å². The Bertz CT molecular complexity index is 1090. The molecule has 4 heterocycles. The molecular weight excluding hydrogens is 350 g/mol. The molecule has 0 aliphatic carbocycles. The summed E-state index contributed by atoms with van der Waals surface area (Å²) in [6.07, 6.45) is 1.57. The summed E-state index contributed by atoms with van der Waals surface area (Å²) >= 11 is 1.48. The van der Waals surface area contributed by atoms with E-state index in [9.17, 15) is 10.1 Å². The van der Waals surface area contributed by atoms with Gasteiger partial charge in [0.05, 0.1) is 24.3 Å². The number of nitriles is 1. The van der Waals surface area contributed by atoms with Crippen LogP contribution >= 0.6 is 11.3 Å². The van der Waals surface area contributed by atoms with E-state index in [1.165, 1.54) is 11.3 Å². The maximum absolute atomic E-state index is 13.3. The summed E-state index contributed by atoms with van der Waals surface area (Å²) in [6.45, 7) is 2.14. The van der Waals surface area contributed by atoms with Crippen LogP contribution in [0.25, 0.3) is 0 Å². The number of fused-ring (bicyclic) bond motifs is 1. The van der Waals surface area contributed by atoms with E-state index < -0.39 is 5.92 Å². The first kappa shape index (κ1) is 16.2. The van der Waals surface area contributed by atoms with Gasteiger partial charge in [-0.25, -0.2) is 0 Å². The maximum Gasteiger partial charge on any atom is 0.259 e. The van der Waals surface area contributed by atoms with Crippen molar-refractivity contribution in [3.8, 4) is 11.8 Å². The van der Waals surface area contributed by atoms with Crippen molar-refractivity contribution in [2.45, 2.75) is 19.4 Å². The third-order valence-corrected chi connectivity index (χ3v) is 5.35. The number of aryl methyl sites for hydroxylation is 1. The van der Waals surface area contributed by atoms with Crippen LogP contribution in [0.15, 0.2) is 62.6 Å². The lowest BCUT2D eigenvalue weighted by Gasteiger charge is -2.26. The number of allylic oxidation sites excluding steroid dienone is 1. The van der Waals surface area contributed by atoms with E-state index in [0.717, 1.165) is 10.6 Å². The van der Waals surface area contributed by atoms with Gasteiger partial charge in [-0.15, -0.1) is 11.3 Å². The Hall–Kier alpha value is -3.24. The second-order valence-corrected chi connectivity index (χ2v) is 6.95. The average molecular weight is 365 g/mol. The van der Waals surface area contributed by atoms with Crippen molar-refractivity contribution in [2.24, 2.45) is 5.73 Å². The van der Waals surface area contributed by atoms with Gasteiger partial charge in [0, 0.05) is 16.6 Å². The second-order valence-electron chi connectivity index (χ2n) is 5.97. The molecule has 0 unspecified atom stereocenters. The van der Waals surface area contributed by atoms with E-state index in [-0.39, 0.29) is 17.0 Å². The molecular formula is C19H15N3O3S. The number of hydrogen-bond donors (Lipinski definition) is 1. The van der Waals surface area contributed by atoms with E-state index in [1.807, 2.05) is 30.5 Å². The summed E-state index contributed by atoms with van der Waals surface area (Å²) in [7, 11) is 0. The predicted octanol–water partition coefficient (Wildman–Crippen LogP) is 3.08. The van der Waals surface area contributed by atoms with Crippen LogP contribution in [0.5, 0.6) is 5.75 Å². The van der Waals surface area contributed by atoms with Crippen LogP contribution in [0.4, 0.5) is 0 Å². The van der Waals surface area contributed by atoms with Crippen molar-refractivity contribution in [3.05, 3.63) is 85.7 Å². The van der Waals surface area contributed by atoms with Crippen molar-refractivity contribution in [2.75, 3.05) is 0 Å². The minimum absolute atomic E-state index is 0.0426. The quantitative estimate of drug-likeness (QED) is 0.770. The number of rotatable bonds is 3. The normalized spacial score (nSPS) is 16.1. The molecule has 0 fully saturated rings. The number of nitrogens with two attached hydrogens (primary N) is 1. The van der Waals surface area contributed by atoms with Crippen LogP contribution < -0.4 is 16.0 Å². The molecule has 1 aliphatic heterocycles. The first-order valence-electron chi connectivity index (χ1n) is 7.98. The van der Waals surface area contributed by atoms with E-state index in [2.05, 4.69) is 6.07 Å². The SMILES string of the molecule is Cc1cc2c(c(=O)n1Cc1ccco1)[C@@H](c1cccs1)C(C#N)=C(N)O2. The smallest absolute Gasteiger partial charge is 0.259 e. The highest BCUT2D eigenvalue weighted by atomic mass is 32.1. The number of aromatic nitrogens is 1. The fourth-order valence-electron chi connectivity index (χ4n) is 3.18. The largest absolute Gasteiger partial charge is 0.467 e. The number of thiophene rings is 1. The van der Waals surface area contributed by atoms with E-state index in [1.54, 1.807) is 23.0 Å². The van der Waals surface area contributed by atoms with Crippen molar-refractivity contribution >= 4 is 11.3 Å². The summed E-state index contributed by atoms with van der Waals surface area (Å²) in [6, 6.07) is 11.3. The minimum Gasteiger partial charge on any atom is -0.467 e. The van der Waals surface area contributed by atoms with Crippen LogP contribution in [0.2, 0.25) is 0 Å². The highest BCUT2D eigenvalue weighted by Crippen LogP contribution is 2.41. The third kappa shape index (κ3) is 2.52. The van der Waals surface area contributed by atoms with Gasteiger partial charge >= 0.3 is 0 Å². The van der Waals surface area contributed by atoms with Gasteiger partial charge in [-0.1, -0.05) is 6.07 Å². The zero-order chi connectivity index (χ0) is 18.3. The molecule has 0 saturated heterocycles. The Morgan fingerprint density at radius 3 is 2.88 bits per heavy atom. The summed E-state index contributed by atoms with van der Waals surface area (Å²) in [5.74, 6) is 0.592. The van der Waals surface area contributed by atoms with Crippen molar-refractivity contribution in [1.29, 1.82) is 5.26 Å². The first-order valence-corrected chi connectivity index (χ1v) is 8.86. The maximum atomic E-state index is 13.3. The Balaban J connectivity index is 1.94. The van der Waals surface area contributed by atoms with E-state index in [0.29, 0.717) is 23.6 Å². The molecule has 0 saturated carbocycles. The minimum atomic E-state index is -0.528. The van der Waals surface area contributed by atoms with Crippen LogP contribution in [-0.4, -0.2) is 4.57 Å². The van der Waals surface area contributed by atoms with E-state index >= 15 is 0 Å². The molecule has 0 spiro atoms. The molecule has 130 valence electrons. The zero-order valence-electron chi connectivity index (χ0n) is 13.9. The number of pyridine rings is 1. The molecule has 3 aromatic heterocycles. The first-order chi connectivity index (χ1) is 12.6. The fourth-order valence-corrected chi connectivity index (χ4v) is 4.02. The monoisotopic (exact) mass is 365 g/mol. The van der Waals surface area contributed by atoms with Crippen LogP contribution in [-0.2, 0) is 6.54 Å². The predicted molar refractivity (Wildman–Crippen MR) is 96.9 cm³/mol. The Kier molecular flexibility index (Phi) is 3.90. The van der Waals surface area contributed by atoms with Gasteiger partial charge in [0.25, 0.3) is 5.56 Å². The number of furan rings is 1. The lowest BCUT2D eigenvalue weighted by atomic mass is 9.88. The van der Waals surface area contributed by atoms with Gasteiger partial charge in [-0.05, 0) is 30.5 Å². The topological polar surface area (TPSA) is 94.2 Å². The number of ether oxygens (including phenoxy) is 1. The Morgan fingerprint density at radius 1 is 1.38 bits per heavy atom. The molecule has 2 N–H and O–H groups in total. The summed E-state index contributed by atoms with van der Waals surface area (Å²) < 4.78 is 12.6.